The van der Waals surface area contributed by atoms with Crippen LogP contribution in [0.25, 0.3) is 93.9 Å². The Balaban J connectivity index is 0.991. The van der Waals surface area contributed by atoms with Crippen molar-refractivity contribution in [2.24, 2.45) is 0 Å². The molecule has 2 nitrogen and oxygen atoms in total. The lowest BCUT2D eigenvalue weighted by Gasteiger charge is -2.26. The van der Waals surface area contributed by atoms with Crippen LogP contribution in [0.3, 0.4) is 0 Å². The molecule has 0 aliphatic rings. The van der Waals surface area contributed by atoms with Gasteiger partial charge in [0.25, 0.3) is 0 Å². The molecule has 0 unspecified atom stereocenters. The summed E-state index contributed by atoms with van der Waals surface area (Å²) in [6, 6.07) is 96.8. The van der Waals surface area contributed by atoms with Crippen LogP contribution < -0.4 is 4.90 Å². The van der Waals surface area contributed by atoms with E-state index in [9.17, 15) is 0 Å². The first-order valence-corrected chi connectivity index (χ1v) is 22.7. The minimum atomic E-state index is 1.08. The van der Waals surface area contributed by atoms with E-state index in [1.54, 1.807) is 0 Å². The molecule has 310 valence electrons. The molecule has 0 fully saturated rings. The molecular formula is C64H44N2. The highest BCUT2D eigenvalue weighted by atomic mass is 15.1. The summed E-state index contributed by atoms with van der Waals surface area (Å²) < 4.78 is 2.41. The molecule has 0 bridgehead atoms. The highest BCUT2D eigenvalue weighted by Crippen LogP contribution is 2.43. The molecule has 1 aromatic heterocycles. The maximum absolute atomic E-state index is 2.41. The fourth-order valence-electron chi connectivity index (χ4n) is 9.79. The number of hydrogen-bond donors (Lipinski definition) is 0. The van der Waals surface area contributed by atoms with Crippen LogP contribution in [0.4, 0.5) is 17.1 Å². The van der Waals surface area contributed by atoms with Crippen molar-refractivity contribution in [1.29, 1.82) is 0 Å². The van der Waals surface area contributed by atoms with Gasteiger partial charge in [0, 0.05) is 33.5 Å². The first-order valence-electron chi connectivity index (χ1n) is 22.7. The zero-order valence-corrected chi connectivity index (χ0v) is 36.3. The van der Waals surface area contributed by atoms with Crippen molar-refractivity contribution >= 4 is 49.6 Å². The van der Waals surface area contributed by atoms with E-state index in [1.165, 1.54) is 82.6 Å². The monoisotopic (exact) mass is 840 g/mol. The summed E-state index contributed by atoms with van der Waals surface area (Å²) in [4.78, 5) is 2.39. The van der Waals surface area contributed by atoms with Crippen molar-refractivity contribution in [2.75, 3.05) is 4.90 Å². The van der Waals surface area contributed by atoms with Crippen LogP contribution in [0, 0.1) is 0 Å². The lowest BCUT2D eigenvalue weighted by atomic mass is 9.96. The second kappa shape index (κ2) is 16.8. The molecule has 0 amide bonds. The van der Waals surface area contributed by atoms with Crippen LogP contribution in [-0.2, 0) is 0 Å². The topological polar surface area (TPSA) is 8.17 Å². The van der Waals surface area contributed by atoms with Crippen LogP contribution >= 0.6 is 0 Å². The molecule has 0 aliphatic carbocycles. The Morgan fingerprint density at radius 3 is 1.42 bits per heavy atom. The van der Waals surface area contributed by atoms with E-state index in [0.717, 1.165) is 28.3 Å². The lowest BCUT2D eigenvalue weighted by molar-refractivity contribution is 1.18. The van der Waals surface area contributed by atoms with E-state index >= 15 is 0 Å². The van der Waals surface area contributed by atoms with Gasteiger partial charge < -0.3 is 9.47 Å². The summed E-state index contributed by atoms with van der Waals surface area (Å²) in [5.74, 6) is 0. The number of para-hydroxylation sites is 1. The Hall–Kier alpha value is -8.72. The summed E-state index contributed by atoms with van der Waals surface area (Å²) in [5, 5.41) is 4.96. The molecule has 0 radical (unpaired) electrons. The quantitative estimate of drug-likeness (QED) is 0.141. The Kier molecular flexibility index (Phi) is 9.89. The number of rotatable bonds is 9. The molecule has 0 atom stereocenters. The summed E-state index contributed by atoms with van der Waals surface area (Å²) in [7, 11) is 0. The molecule has 0 N–H and O–H groups in total. The first-order chi connectivity index (χ1) is 32.7. The summed E-state index contributed by atoms with van der Waals surface area (Å²) >= 11 is 0. The Bertz CT molecular complexity index is 3640. The van der Waals surface area contributed by atoms with E-state index in [1.807, 2.05) is 0 Å². The molecule has 0 saturated heterocycles. The average Bonchev–Trinajstić information content (AvgIpc) is 3.74. The molecule has 0 saturated carbocycles. The van der Waals surface area contributed by atoms with Crippen LogP contribution in [0.1, 0.15) is 0 Å². The van der Waals surface area contributed by atoms with E-state index in [4.69, 9.17) is 0 Å². The average molecular weight is 841 g/mol. The van der Waals surface area contributed by atoms with E-state index in [0.29, 0.717) is 0 Å². The Labute approximate surface area is 385 Å². The highest BCUT2D eigenvalue weighted by Gasteiger charge is 2.19. The minimum Gasteiger partial charge on any atom is -0.310 e. The second-order valence-corrected chi connectivity index (χ2v) is 16.9. The molecule has 0 spiro atoms. The Morgan fingerprint density at radius 1 is 0.258 bits per heavy atom. The summed E-state index contributed by atoms with van der Waals surface area (Å²) in [6.45, 7) is 0. The maximum Gasteiger partial charge on any atom is 0.0547 e. The van der Waals surface area contributed by atoms with Crippen LogP contribution in [0.2, 0.25) is 0 Å². The third kappa shape index (κ3) is 7.12. The van der Waals surface area contributed by atoms with Gasteiger partial charge in [0.15, 0.2) is 0 Å². The van der Waals surface area contributed by atoms with E-state index in [2.05, 4.69) is 276 Å². The standard InChI is InChI=1S/C64H44N2/c1-4-15-45(16-5-1)47-29-31-48(32-30-47)49-33-38-55(39-34-49)65(56-40-35-51(36-41-56)59-26-13-20-50-19-10-11-25-58(50)59)57-24-12-21-53(43-57)60-27-14-28-63-64(60)61-44-52(46-17-6-2-7-18-46)37-42-62(61)66(63)54-22-8-3-9-23-54/h1-44H. The van der Waals surface area contributed by atoms with Gasteiger partial charge in [0.2, 0.25) is 0 Å². The third-order valence-corrected chi connectivity index (χ3v) is 13.0. The van der Waals surface area contributed by atoms with Crippen molar-refractivity contribution in [2.45, 2.75) is 0 Å². The number of anilines is 3. The van der Waals surface area contributed by atoms with Gasteiger partial charge in [-0.3, -0.25) is 0 Å². The minimum absolute atomic E-state index is 1.08. The number of nitrogens with zero attached hydrogens (tertiary/aromatic N) is 2. The van der Waals surface area contributed by atoms with Gasteiger partial charge in [0.05, 0.1) is 11.0 Å². The van der Waals surface area contributed by atoms with Gasteiger partial charge in [-0.25, -0.2) is 0 Å². The number of aromatic nitrogens is 1. The SMILES string of the molecule is c1ccc(-c2ccc(-c3ccc(N(c4ccc(-c5cccc6ccccc56)cc4)c4cccc(-c5cccc6c5c5cc(-c7ccccc7)ccc5n6-c5ccccc5)c4)cc3)cc2)cc1. The van der Waals surface area contributed by atoms with E-state index in [-0.39, 0.29) is 0 Å². The van der Waals surface area contributed by atoms with Crippen LogP contribution in [0.15, 0.2) is 267 Å². The smallest absolute Gasteiger partial charge is 0.0547 e. The van der Waals surface area contributed by atoms with Crippen LogP contribution in [-0.4, -0.2) is 4.57 Å². The summed E-state index contributed by atoms with van der Waals surface area (Å²) in [6.07, 6.45) is 0. The molecule has 12 rings (SSSR count). The molecular weight excluding hydrogens is 797 g/mol. The van der Waals surface area contributed by atoms with Gasteiger partial charge in [-0.05, 0) is 133 Å². The van der Waals surface area contributed by atoms with Crippen molar-refractivity contribution in [1.82, 2.24) is 4.57 Å². The van der Waals surface area contributed by atoms with Gasteiger partial charge >= 0.3 is 0 Å². The van der Waals surface area contributed by atoms with E-state index < -0.39 is 0 Å². The maximum atomic E-state index is 2.41. The van der Waals surface area contributed by atoms with Crippen molar-refractivity contribution in [3.8, 4) is 61.3 Å². The van der Waals surface area contributed by atoms with Crippen molar-refractivity contribution in [3.05, 3.63) is 267 Å². The zero-order valence-electron chi connectivity index (χ0n) is 36.3. The van der Waals surface area contributed by atoms with Gasteiger partial charge in [0.1, 0.15) is 0 Å². The fraction of sp³-hybridized carbons (Fsp3) is 0. The van der Waals surface area contributed by atoms with Gasteiger partial charge in [-0.15, -0.1) is 0 Å². The number of hydrogen-bond acceptors (Lipinski definition) is 1. The predicted octanol–water partition coefficient (Wildman–Crippen LogP) is 17.7. The predicted molar refractivity (Wildman–Crippen MR) is 280 cm³/mol. The zero-order chi connectivity index (χ0) is 43.8. The molecule has 12 aromatic rings. The fourth-order valence-corrected chi connectivity index (χ4v) is 9.79. The second-order valence-electron chi connectivity index (χ2n) is 16.9. The first kappa shape index (κ1) is 38.9. The molecule has 0 aliphatic heterocycles. The molecule has 11 aromatic carbocycles. The van der Waals surface area contributed by atoms with Gasteiger partial charge in [-0.1, -0.05) is 200 Å². The lowest BCUT2D eigenvalue weighted by Crippen LogP contribution is -2.10. The number of fused-ring (bicyclic) bond motifs is 4. The summed E-state index contributed by atoms with van der Waals surface area (Å²) in [5.41, 5.74) is 18.7. The van der Waals surface area contributed by atoms with Gasteiger partial charge in [-0.2, -0.15) is 0 Å². The molecule has 1 heterocycles. The molecule has 66 heavy (non-hydrogen) atoms. The normalized spacial score (nSPS) is 11.3. The highest BCUT2D eigenvalue weighted by molar-refractivity contribution is 6.16. The van der Waals surface area contributed by atoms with Crippen LogP contribution in [0.5, 0.6) is 0 Å². The van der Waals surface area contributed by atoms with Crippen molar-refractivity contribution in [3.63, 3.8) is 0 Å². The van der Waals surface area contributed by atoms with Crippen molar-refractivity contribution < 1.29 is 0 Å². The number of benzene rings is 11. The Morgan fingerprint density at radius 2 is 0.742 bits per heavy atom. The molecule has 2 heteroatoms. The largest absolute Gasteiger partial charge is 0.310 e. The third-order valence-electron chi connectivity index (χ3n) is 13.0.